The molecule has 0 spiro atoms. The van der Waals surface area contributed by atoms with Crippen molar-refractivity contribution in [2.24, 2.45) is 5.14 Å². The van der Waals surface area contributed by atoms with E-state index < -0.39 is 21.9 Å². The average molecular weight is 506 g/mol. The molecule has 0 bridgehead atoms. The summed E-state index contributed by atoms with van der Waals surface area (Å²) in [6.07, 6.45) is 2.20. The molecule has 1 saturated carbocycles. The standard InChI is InChI=1S/C23H25ClFN5O3S/c1-14(16-7-8-17(21(25)9-16)12-28-34(26,32)33)23(31)27-13-20-11-22(15-5-6-15)29-30(20)19-4-2-3-18(24)10-19/h2-4,7-11,14-15,28H,5-6,12-13H2,1H3,(H,27,31)(H2,26,32,33). The Hall–Kier alpha value is -2.79. The lowest BCUT2D eigenvalue weighted by atomic mass is 9.98. The van der Waals surface area contributed by atoms with Crippen LogP contribution >= 0.6 is 11.6 Å². The molecule has 4 N–H and O–H groups in total. The predicted octanol–water partition coefficient (Wildman–Crippen LogP) is 3.26. The minimum absolute atomic E-state index is 0.128. The first-order valence-corrected chi connectivity index (χ1v) is 12.7. The van der Waals surface area contributed by atoms with Crippen LogP contribution in [-0.2, 0) is 28.1 Å². The molecule has 0 saturated heterocycles. The normalized spacial score (nSPS) is 14.7. The average Bonchev–Trinajstić information content (AvgIpc) is 3.55. The fourth-order valence-corrected chi connectivity index (χ4v) is 4.15. The molecule has 1 fully saturated rings. The lowest BCUT2D eigenvalue weighted by molar-refractivity contribution is -0.122. The Morgan fingerprint density at radius 1 is 1.24 bits per heavy atom. The molecule has 3 aromatic rings. The Labute approximate surface area is 202 Å². The lowest BCUT2D eigenvalue weighted by Gasteiger charge is -2.15. The number of halogens is 2. The highest BCUT2D eigenvalue weighted by Crippen LogP contribution is 2.39. The zero-order valence-corrected chi connectivity index (χ0v) is 20.0. The molecule has 2 aromatic carbocycles. The molecule has 0 aliphatic heterocycles. The highest BCUT2D eigenvalue weighted by Gasteiger charge is 2.28. The highest BCUT2D eigenvalue weighted by atomic mass is 35.5. The number of carbonyl (C=O) groups is 1. The predicted molar refractivity (Wildman–Crippen MR) is 127 cm³/mol. The number of aromatic nitrogens is 2. The quantitative estimate of drug-likeness (QED) is 0.413. The third kappa shape index (κ3) is 6.01. The number of rotatable bonds is 9. The monoisotopic (exact) mass is 505 g/mol. The fraction of sp³-hybridized carbons (Fsp3) is 0.304. The zero-order chi connectivity index (χ0) is 24.5. The van der Waals surface area contributed by atoms with Gasteiger partial charge in [0.15, 0.2) is 0 Å². The van der Waals surface area contributed by atoms with Crippen LogP contribution in [0.25, 0.3) is 5.69 Å². The number of amides is 1. The van der Waals surface area contributed by atoms with Gasteiger partial charge in [-0.15, -0.1) is 0 Å². The molecular formula is C23H25ClFN5O3S. The topological polar surface area (TPSA) is 119 Å². The van der Waals surface area contributed by atoms with Crippen LogP contribution in [0.2, 0.25) is 5.02 Å². The van der Waals surface area contributed by atoms with Crippen molar-refractivity contribution in [1.82, 2.24) is 19.8 Å². The minimum Gasteiger partial charge on any atom is -0.350 e. The number of nitrogens with one attached hydrogen (secondary N) is 2. The van der Waals surface area contributed by atoms with Crippen molar-refractivity contribution in [3.63, 3.8) is 0 Å². The van der Waals surface area contributed by atoms with Gasteiger partial charge in [0.2, 0.25) is 5.91 Å². The summed E-state index contributed by atoms with van der Waals surface area (Å²) < 4.78 is 40.3. The van der Waals surface area contributed by atoms with E-state index in [-0.39, 0.29) is 24.6 Å². The van der Waals surface area contributed by atoms with Crippen molar-refractivity contribution < 1.29 is 17.6 Å². The van der Waals surface area contributed by atoms with E-state index in [1.165, 1.54) is 12.1 Å². The summed E-state index contributed by atoms with van der Waals surface area (Å²) in [7, 11) is -3.93. The van der Waals surface area contributed by atoms with Crippen LogP contribution < -0.4 is 15.2 Å². The molecule has 1 unspecified atom stereocenters. The molecule has 34 heavy (non-hydrogen) atoms. The summed E-state index contributed by atoms with van der Waals surface area (Å²) in [6, 6.07) is 13.6. The van der Waals surface area contributed by atoms with Gasteiger partial charge in [-0.05, 0) is 55.7 Å². The molecule has 0 radical (unpaired) electrons. The van der Waals surface area contributed by atoms with Gasteiger partial charge in [-0.1, -0.05) is 29.8 Å². The van der Waals surface area contributed by atoms with E-state index in [4.69, 9.17) is 21.8 Å². The summed E-state index contributed by atoms with van der Waals surface area (Å²) in [6.45, 7) is 1.65. The molecule has 11 heteroatoms. The van der Waals surface area contributed by atoms with Gasteiger partial charge in [0, 0.05) is 23.0 Å². The number of nitrogens with zero attached hydrogens (tertiary/aromatic N) is 2. The Kier molecular flexibility index (Phi) is 7.04. The third-order valence-electron chi connectivity index (χ3n) is 5.73. The number of nitrogens with two attached hydrogens (primary N) is 1. The fourth-order valence-electron chi connectivity index (χ4n) is 3.61. The summed E-state index contributed by atoms with van der Waals surface area (Å²) in [4.78, 5) is 12.8. The number of hydrogen-bond acceptors (Lipinski definition) is 4. The Balaban J connectivity index is 1.46. The first-order chi connectivity index (χ1) is 16.1. The third-order valence-corrected chi connectivity index (χ3v) is 6.51. The number of hydrogen-bond donors (Lipinski definition) is 3. The van der Waals surface area contributed by atoms with Crippen LogP contribution in [0.5, 0.6) is 0 Å². The summed E-state index contributed by atoms with van der Waals surface area (Å²) in [5.41, 5.74) is 3.21. The molecular weight excluding hydrogens is 481 g/mol. The van der Waals surface area contributed by atoms with Crippen molar-refractivity contribution in [3.05, 3.63) is 81.9 Å². The number of benzene rings is 2. The van der Waals surface area contributed by atoms with Crippen LogP contribution in [-0.4, -0.2) is 24.1 Å². The van der Waals surface area contributed by atoms with Gasteiger partial charge in [-0.3, -0.25) is 4.79 Å². The zero-order valence-electron chi connectivity index (χ0n) is 18.5. The maximum atomic E-state index is 14.4. The highest BCUT2D eigenvalue weighted by molar-refractivity contribution is 7.87. The van der Waals surface area contributed by atoms with Gasteiger partial charge in [0.05, 0.1) is 29.5 Å². The Bertz CT molecular complexity index is 1320. The first kappa shape index (κ1) is 24.3. The van der Waals surface area contributed by atoms with Crippen LogP contribution in [0, 0.1) is 5.82 Å². The van der Waals surface area contributed by atoms with Crippen molar-refractivity contribution in [3.8, 4) is 5.69 Å². The smallest absolute Gasteiger partial charge is 0.274 e. The molecule has 4 rings (SSSR count). The molecule has 1 aliphatic rings. The van der Waals surface area contributed by atoms with Gasteiger partial charge in [-0.2, -0.15) is 18.2 Å². The van der Waals surface area contributed by atoms with E-state index in [9.17, 15) is 17.6 Å². The Morgan fingerprint density at radius 2 is 2.00 bits per heavy atom. The maximum absolute atomic E-state index is 14.4. The van der Waals surface area contributed by atoms with E-state index in [1.807, 2.05) is 29.0 Å². The molecule has 1 aliphatic carbocycles. The second kappa shape index (κ2) is 9.83. The molecule has 180 valence electrons. The Morgan fingerprint density at radius 3 is 2.65 bits per heavy atom. The van der Waals surface area contributed by atoms with E-state index in [0.717, 1.165) is 29.9 Å². The van der Waals surface area contributed by atoms with Gasteiger partial charge < -0.3 is 5.32 Å². The molecule has 1 heterocycles. The maximum Gasteiger partial charge on any atom is 0.274 e. The van der Waals surface area contributed by atoms with Gasteiger partial charge in [-0.25, -0.2) is 14.2 Å². The largest absolute Gasteiger partial charge is 0.350 e. The van der Waals surface area contributed by atoms with Gasteiger partial charge >= 0.3 is 0 Å². The molecule has 1 aromatic heterocycles. The molecule has 1 atom stereocenters. The molecule has 1 amide bonds. The van der Waals surface area contributed by atoms with E-state index in [0.29, 0.717) is 16.5 Å². The second-order valence-corrected chi connectivity index (χ2v) is 10.2. The summed E-state index contributed by atoms with van der Waals surface area (Å²) in [5, 5.41) is 13.1. The van der Waals surface area contributed by atoms with Crippen LogP contribution in [0.15, 0.2) is 48.5 Å². The summed E-state index contributed by atoms with van der Waals surface area (Å²) >= 11 is 6.15. The van der Waals surface area contributed by atoms with Crippen LogP contribution in [0.4, 0.5) is 4.39 Å². The minimum atomic E-state index is -3.93. The molecule has 8 nitrogen and oxygen atoms in total. The van der Waals surface area contributed by atoms with Crippen molar-refractivity contribution >= 4 is 27.7 Å². The number of carbonyl (C=O) groups excluding carboxylic acids is 1. The summed E-state index contributed by atoms with van der Waals surface area (Å²) in [5.74, 6) is -1.08. The van der Waals surface area contributed by atoms with Gasteiger partial charge in [0.25, 0.3) is 10.2 Å². The van der Waals surface area contributed by atoms with Crippen LogP contribution in [0.3, 0.4) is 0 Å². The SMILES string of the molecule is CC(C(=O)NCc1cc(C2CC2)nn1-c1cccc(Cl)c1)c1ccc(CNS(N)(=O)=O)c(F)c1. The van der Waals surface area contributed by atoms with Crippen LogP contribution in [0.1, 0.15) is 54.1 Å². The second-order valence-electron chi connectivity index (χ2n) is 8.38. The lowest BCUT2D eigenvalue weighted by Crippen LogP contribution is -2.30. The first-order valence-electron chi connectivity index (χ1n) is 10.8. The van der Waals surface area contributed by atoms with Crippen molar-refractivity contribution in [2.75, 3.05) is 0 Å². The van der Waals surface area contributed by atoms with Crippen molar-refractivity contribution in [1.29, 1.82) is 0 Å². The van der Waals surface area contributed by atoms with E-state index >= 15 is 0 Å². The van der Waals surface area contributed by atoms with E-state index in [2.05, 4.69) is 5.32 Å². The van der Waals surface area contributed by atoms with Gasteiger partial charge in [0.1, 0.15) is 5.82 Å². The van der Waals surface area contributed by atoms with E-state index in [1.54, 1.807) is 23.7 Å². The van der Waals surface area contributed by atoms with Crippen molar-refractivity contribution in [2.45, 2.75) is 44.7 Å².